The fourth-order valence-electron chi connectivity index (χ4n) is 2.65. The van der Waals surface area contributed by atoms with Crippen LogP contribution < -0.4 is 0 Å². The molecule has 8 heteroatoms. The van der Waals surface area contributed by atoms with Crippen molar-refractivity contribution in [2.24, 2.45) is 0 Å². The number of aryl methyl sites for hydroxylation is 1. The molecule has 0 aromatic carbocycles. The van der Waals surface area contributed by atoms with Gasteiger partial charge in [0.2, 0.25) is 5.91 Å². The first-order chi connectivity index (χ1) is 11.0. The van der Waals surface area contributed by atoms with E-state index >= 15 is 0 Å². The van der Waals surface area contributed by atoms with E-state index in [1.54, 1.807) is 0 Å². The van der Waals surface area contributed by atoms with Gasteiger partial charge in [0.25, 0.3) is 0 Å². The van der Waals surface area contributed by atoms with Gasteiger partial charge in [0.1, 0.15) is 16.5 Å². The standard InChI is InChI=1S/C15H20N4O2S2/c1-9(2)13-7-11(18-21-13)12-5-4-6-19(12)14(20)8-22-15-17-16-10(3)23-15/h7,9,12H,4-6,8H2,1-3H3/t12-/m0/s1. The summed E-state index contributed by atoms with van der Waals surface area (Å²) in [5.41, 5.74) is 0.872. The second kappa shape index (κ2) is 7.00. The number of nitrogens with zero attached hydrogens (tertiary/aromatic N) is 4. The van der Waals surface area contributed by atoms with Crippen LogP contribution in [0.5, 0.6) is 0 Å². The van der Waals surface area contributed by atoms with E-state index in [-0.39, 0.29) is 11.9 Å². The number of thioether (sulfide) groups is 1. The van der Waals surface area contributed by atoms with Gasteiger partial charge in [-0.15, -0.1) is 10.2 Å². The van der Waals surface area contributed by atoms with Gasteiger partial charge in [0.05, 0.1) is 11.8 Å². The average molecular weight is 352 g/mol. The van der Waals surface area contributed by atoms with E-state index < -0.39 is 0 Å². The summed E-state index contributed by atoms with van der Waals surface area (Å²) in [5, 5.41) is 13.1. The van der Waals surface area contributed by atoms with Crippen molar-refractivity contribution in [1.29, 1.82) is 0 Å². The van der Waals surface area contributed by atoms with E-state index in [0.29, 0.717) is 11.7 Å². The monoisotopic (exact) mass is 352 g/mol. The molecule has 0 saturated carbocycles. The maximum absolute atomic E-state index is 12.6. The third-order valence-electron chi connectivity index (χ3n) is 3.86. The number of hydrogen-bond acceptors (Lipinski definition) is 7. The van der Waals surface area contributed by atoms with Crippen molar-refractivity contribution in [3.63, 3.8) is 0 Å². The Bertz CT molecular complexity index is 683. The molecule has 124 valence electrons. The molecule has 6 nitrogen and oxygen atoms in total. The Morgan fingerprint density at radius 2 is 2.35 bits per heavy atom. The summed E-state index contributed by atoms with van der Waals surface area (Å²) in [4.78, 5) is 14.5. The number of carbonyl (C=O) groups is 1. The molecule has 1 aliphatic heterocycles. The normalized spacial score (nSPS) is 18.1. The van der Waals surface area contributed by atoms with E-state index in [4.69, 9.17) is 4.52 Å². The predicted molar refractivity (Wildman–Crippen MR) is 89.7 cm³/mol. The molecule has 1 fully saturated rings. The van der Waals surface area contributed by atoms with Crippen molar-refractivity contribution in [2.75, 3.05) is 12.3 Å². The van der Waals surface area contributed by atoms with Gasteiger partial charge in [-0.1, -0.05) is 42.1 Å². The highest BCUT2D eigenvalue weighted by Gasteiger charge is 2.32. The molecule has 0 bridgehead atoms. The van der Waals surface area contributed by atoms with Gasteiger partial charge in [-0.05, 0) is 19.8 Å². The third-order valence-corrected chi connectivity index (χ3v) is 5.81. The molecule has 2 aromatic rings. The van der Waals surface area contributed by atoms with Crippen LogP contribution in [-0.4, -0.2) is 38.5 Å². The highest BCUT2D eigenvalue weighted by atomic mass is 32.2. The molecule has 1 saturated heterocycles. The number of aromatic nitrogens is 3. The Morgan fingerprint density at radius 1 is 1.52 bits per heavy atom. The maximum atomic E-state index is 12.6. The minimum atomic E-state index is 0.0375. The molecule has 0 aliphatic carbocycles. The number of hydrogen-bond donors (Lipinski definition) is 0. The van der Waals surface area contributed by atoms with Gasteiger partial charge in [-0.25, -0.2) is 0 Å². The smallest absolute Gasteiger partial charge is 0.233 e. The van der Waals surface area contributed by atoms with Crippen molar-refractivity contribution >= 4 is 29.0 Å². The Balaban J connectivity index is 1.64. The fourth-order valence-corrected chi connectivity index (χ4v) is 4.35. The lowest BCUT2D eigenvalue weighted by Gasteiger charge is -2.22. The van der Waals surface area contributed by atoms with Gasteiger partial charge < -0.3 is 9.42 Å². The molecule has 3 rings (SSSR count). The maximum Gasteiger partial charge on any atom is 0.233 e. The van der Waals surface area contributed by atoms with Gasteiger partial charge >= 0.3 is 0 Å². The second-order valence-electron chi connectivity index (χ2n) is 5.93. The molecule has 0 spiro atoms. The van der Waals surface area contributed by atoms with Crippen LogP contribution in [0.4, 0.5) is 0 Å². The lowest BCUT2D eigenvalue weighted by molar-refractivity contribution is -0.129. The minimum Gasteiger partial charge on any atom is -0.361 e. The molecule has 0 radical (unpaired) electrons. The fraction of sp³-hybridized carbons (Fsp3) is 0.600. The van der Waals surface area contributed by atoms with Crippen molar-refractivity contribution in [1.82, 2.24) is 20.3 Å². The molecule has 2 aromatic heterocycles. The van der Waals surface area contributed by atoms with Crippen LogP contribution in [0.1, 0.15) is 55.1 Å². The predicted octanol–water partition coefficient (Wildman–Crippen LogP) is 3.41. The van der Waals surface area contributed by atoms with E-state index in [1.165, 1.54) is 23.1 Å². The van der Waals surface area contributed by atoms with Gasteiger partial charge in [-0.3, -0.25) is 4.79 Å². The molecule has 1 aliphatic rings. The summed E-state index contributed by atoms with van der Waals surface area (Å²) in [6.07, 6.45) is 1.95. The molecule has 0 N–H and O–H groups in total. The summed E-state index contributed by atoms with van der Waals surface area (Å²) in [6, 6.07) is 2.03. The largest absolute Gasteiger partial charge is 0.361 e. The van der Waals surface area contributed by atoms with E-state index in [1.807, 2.05) is 17.9 Å². The average Bonchev–Trinajstić information content (AvgIpc) is 3.24. The first kappa shape index (κ1) is 16.4. The topological polar surface area (TPSA) is 72.1 Å². The van der Waals surface area contributed by atoms with Crippen LogP contribution in [0.2, 0.25) is 0 Å². The Labute approximate surface area is 143 Å². The zero-order valence-corrected chi connectivity index (χ0v) is 15.1. The highest BCUT2D eigenvalue weighted by molar-refractivity contribution is 8.01. The molecule has 1 atom stereocenters. The summed E-state index contributed by atoms with van der Waals surface area (Å²) in [5.74, 6) is 1.69. The zero-order valence-electron chi connectivity index (χ0n) is 13.5. The molecule has 0 unspecified atom stereocenters. The number of carbonyl (C=O) groups excluding carboxylic acids is 1. The Morgan fingerprint density at radius 3 is 3.00 bits per heavy atom. The lowest BCUT2D eigenvalue weighted by Crippen LogP contribution is -2.32. The van der Waals surface area contributed by atoms with E-state index in [9.17, 15) is 4.79 Å². The van der Waals surface area contributed by atoms with Crippen LogP contribution in [0, 0.1) is 6.92 Å². The number of amides is 1. The molecule has 23 heavy (non-hydrogen) atoms. The zero-order chi connectivity index (χ0) is 16.4. The van der Waals surface area contributed by atoms with Gasteiger partial charge in [-0.2, -0.15) is 0 Å². The third kappa shape index (κ3) is 3.74. The lowest BCUT2D eigenvalue weighted by atomic mass is 10.1. The van der Waals surface area contributed by atoms with Crippen LogP contribution >= 0.6 is 23.1 Å². The first-order valence-electron chi connectivity index (χ1n) is 7.73. The van der Waals surface area contributed by atoms with Gasteiger partial charge in [0.15, 0.2) is 4.34 Å². The number of rotatable bonds is 5. The van der Waals surface area contributed by atoms with Crippen LogP contribution in [-0.2, 0) is 4.79 Å². The summed E-state index contributed by atoms with van der Waals surface area (Å²) >= 11 is 2.97. The summed E-state index contributed by atoms with van der Waals surface area (Å²) < 4.78 is 6.23. The molecule has 1 amide bonds. The second-order valence-corrected chi connectivity index (χ2v) is 8.33. The van der Waals surface area contributed by atoms with Crippen LogP contribution in [0.15, 0.2) is 14.9 Å². The SMILES string of the molecule is Cc1nnc(SCC(=O)N2CCC[C@H]2c2cc(C(C)C)on2)s1. The summed E-state index contributed by atoms with van der Waals surface area (Å²) in [6.45, 7) is 6.84. The highest BCUT2D eigenvalue weighted by Crippen LogP contribution is 2.33. The van der Waals surface area contributed by atoms with Crippen molar-refractivity contribution < 1.29 is 9.32 Å². The molecular formula is C15H20N4O2S2. The molecular weight excluding hydrogens is 332 g/mol. The van der Waals surface area contributed by atoms with Crippen molar-refractivity contribution in [3.8, 4) is 0 Å². The quantitative estimate of drug-likeness (QED) is 0.768. The molecule has 3 heterocycles. The van der Waals surface area contributed by atoms with Gasteiger partial charge in [0, 0.05) is 18.5 Å². The van der Waals surface area contributed by atoms with E-state index in [2.05, 4.69) is 29.2 Å². The Hall–Kier alpha value is -1.41. The van der Waals surface area contributed by atoms with E-state index in [0.717, 1.165) is 40.2 Å². The van der Waals surface area contributed by atoms with Crippen LogP contribution in [0.25, 0.3) is 0 Å². The first-order valence-corrected chi connectivity index (χ1v) is 9.53. The minimum absolute atomic E-state index is 0.0375. The Kier molecular flexibility index (Phi) is 5.01. The summed E-state index contributed by atoms with van der Waals surface area (Å²) in [7, 11) is 0. The van der Waals surface area contributed by atoms with Crippen molar-refractivity contribution in [3.05, 3.63) is 22.5 Å². The number of likely N-dealkylation sites (tertiary alicyclic amines) is 1. The van der Waals surface area contributed by atoms with Crippen LogP contribution in [0.3, 0.4) is 0 Å². The van der Waals surface area contributed by atoms with Crippen molar-refractivity contribution in [2.45, 2.75) is 49.9 Å².